The zero-order valence-electron chi connectivity index (χ0n) is 21.3. The van der Waals surface area contributed by atoms with E-state index in [4.69, 9.17) is 14.9 Å². The first kappa shape index (κ1) is 27.7. The summed E-state index contributed by atoms with van der Waals surface area (Å²) in [7, 11) is 0. The normalized spacial score (nSPS) is 14.3. The number of carbonyl (C=O) groups is 2. The molecule has 4 aromatic rings. The van der Waals surface area contributed by atoms with E-state index in [0.29, 0.717) is 24.8 Å². The molecule has 1 saturated heterocycles. The fraction of sp³-hybridized carbons (Fsp3) is 0.333. The molecule has 1 aliphatic heterocycles. The molecule has 0 saturated carbocycles. The Bertz CT molecular complexity index is 1430. The van der Waals surface area contributed by atoms with E-state index in [9.17, 15) is 18.0 Å². The fourth-order valence-corrected chi connectivity index (χ4v) is 4.40. The second-order valence-corrected chi connectivity index (χ2v) is 9.34. The minimum atomic E-state index is -5.08. The number of nitrogens with zero attached hydrogens (tertiary/aromatic N) is 6. The monoisotopic (exact) mass is 540 g/mol. The van der Waals surface area contributed by atoms with E-state index < -0.39 is 12.1 Å². The molecule has 39 heavy (non-hydrogen) atoms. The molecule has 0 radical (unpaired) electrons. The fourth-order valence-electron chi connectivity index (χ4n) is 4.40. The zero-order valence-corrected chi connectivity index (χ0v) is 21.3. The molecule has 0 atom stereocenters. The highest BCUT2D eigenvalue weighted by Crippen LogP contribution is 2.34. The third kappa shape index (κ3) is 6.39. The molecule has 4 aromatic heterocycles. The second-order valence-electron chi connectivity index (χ2n) is 9.34. The van der Waals surface area contributed by atoms with Crippen molar-refractivity contribution >= 4 is 22.9 Å². The number of hydrogen-bond donors (Lipinski definition) is 1. The van der Waals surface area contributed by atoms with Crippen molar-refractivity contribution in [3.63, 3.8) is 0 Å². The molecule has 0 spiro atoms. The quantitative estimate of drug-likeness (QED) is 0.382. The van der Waals surface area contributed by atoms with Crippen molar-refractivity contribution in [2.45, 2.75) is 44.8 Å². The van der Waals surface area contributed by atoms with Crippen LogP contribution in [0.1, 0.15) is 54.8 Å². The molecule has 5 heterocycles. The smallest absolute Gasteiger partial charge is 0.475 e. The Labute approximate surface area is 222 Å². The van der Waals surface area contributed by atoms with Crippen LogP contribution in [0.4, 0.5) is 13.2 Å². The van der Waals surface area contributed by atoms with Gasteiger partial charge in [0, 0.05) is 54.9 Å². The number of fused-ring (bicyclic) bond motifs is 1. The summed E-state index contributed by atoms with van der Waals surface area (Å²) < 4.78 is 33.9. The third-order valence-corrected chi connectivity index (χ3v) is 6.40. The highest BCUT2D eigenvalue weighted by atomic mass is 19.4. The van der Waals surface area contributed by atoms with Crippen LogP contribution in [0.5, 0.6) is 0 Å². The lowest BCUT2D eigenvalue weighted by atomic mass is 9.92. The highest BCUT2D eigenvalue weighted by Gasteiger charge is 2.38. The molecule has 12 heteroatoms. The van der Waals surface area contributed by atoms with Crippen molar-refractivity contribution in [3.8, 4) is 11.3 Å². The summed E-state index contributed by atoms with van der Waals surface area (Å²) in [6, 6.07) is 11.9. The van der Waals surface area contributed by atoms with Gasteiger partial charge in [0.05, 0.1) is 17.5 Å². The van der Waals surface area contributed by atoms with Crippen LogP contribution in [0.15, 0.2) is 61.3 Å². The summed E-state index contributed by atoms with van der Waals surface area (Å²) >= 11 is 0. The number of alkyl halides is 3. The Balaban J connectivity index is 0.000000448. The Kier molecular flexibility index (Phi) is 8.22. The molecule has 1 aliphatic rings. The number of carboxylic acid groups (broad SMARTS) is 1. The number of carbonyl (C=O) groups excluding carboxylic acids is 1. The molecular formula is C27H27F3N6O3. The van der Waals surface area contributed by atoms with Crippen LogP contribution in [-0.2, 0) is 4.79 Å². The maximum atomic E-state index is 12.8. The number of rotatable bonds is 4. The van der Waals surface area contributed by atoms with Crippen LogP contribution in [-0.4, -0.2) is 65.7 Å². The lowest BCUT2D eigenvalue weighted by Crippen LogP contribution is -2.38. The van der Waals surface area contributed by atoms with E-state index in [1.54, 1.807) is 18.5 Å². The summed E-state index contributed by atoms with van der Waals surface area (Å²) in [4.78, 5) is 41.8. The number of pyridine rings is 3. The number of carboxylic acids is 1. The van der Waals surface area contributed by atoms with Gasteiger partial charge in [-0.3, -0.25) is 19.7 Å². The molecule has 0 aromatic carbocycles. The Morgan fingerprint density at radius 3 is 2.33 bits per heavy atom. The number of hydrogen-bond acceptors (Lipinski definition) is 6. The summed E-state index contributed by atoms with van der Waals surface area (Å²) in [5, 5.41) is 7.12. The van der Waals surface area contributed by atoms with Crippen LogP contribution >= 0.6 is 0 Å². The standard InChI is InChI=1S/C25H26N6O.C2HF3O2/c1-17(2)31-16-28-24-22(31)14-21(29-23(24)19-6-5-10-26-15-19)18-8-12-30(13-9-18)25(32)20-7-3-4-11-27-20;3-2(4,5)1(6)7/h3-7,10-11,14-18H,8-9,12-13H2,1-2H3;(H,6,7). The topological polar surface area (TPSA) is 114 Å². The molecule has 204 valence electrons. The van der Waals surface area contributed by atoms with Gasteiger partial charge in [-0.1, -0.05) is 6.07 Å². The van der Waals surface area contributed by atoms with Crippen LogP contribution < -0.4 is 0 Å². The van der Waals surface area contributed by atoms with Gasteiger partial charge < -0.3 is 14.6 Å². The molecule has 1 N–H and O–H groups in total. The van der Waals surface area contributed by atoms with Crippen LogP contribution in [0, 0.1) is 0 Å². The van der Waals surface area contributed by atoms with E-state index in [2.05, 4.69) is 39.4 Å². The van der Waals surface area contributed by atoms with Gasteiger partial charge in [0.2, 0.25) is 0 Å². The van der Waals surface area contributed by atoms with Crippen molar-refractivity contribution in [3.05, 3.63) is 72.7 Å². The first-order valence-corrected chi connectivity index (χ1v) is 12.3. The molecule has 5 rings (SSSR count). The predicted molar refractivity (Wildman–Crippen MR) is 137 cm³/mol. The molecule has 0 bridgehead atoms. The first-order valence-electron chi connectivity index (χ1n) is 12.3. The average molecular weight is 541 g/mol. The van der Waals surface area contributed by atoms with Gasteiger partial charge in [0.25, 0.3) is 5.91 Å². The number of amides is 1. The van der Waals surface area contributed by atoms with Gasteiger partial charge in [0.15, 0.2) is 0 Å². The third-order valence-electron chi connectivity index (χ3n) is 6.40. The van der Waals surface area contributed by atoms with Crippen molar-refractivity contribution in [1.82, 2.24) is 29.4 Å². The van der Waals surface area contributed by atoms with E-state index >= 15 is 0 Å². The Hall–Kier alpha value is -4.35. The van der Waals surface area contributed by atoms with Gasteiger partial charge in [-0.2, -0.15) is 13.2 Å². The minimum absolute atomic E-state index is 0.00129. The Morgan fingerprint density at radius 2 is 1.77 bits per heavy atom. The van der Waals surface area contributed by atoms with Crippen LogP contribution in [0.25, 0.3) is 22.3 Å². The number of imidazole rings is 1. The van der Waals surface area contributed by atoms with Gasteiger partial charge >= 0.3 is 12.1 Å². The number of halogens is 3. The Morgan fingerprint density at radius 1 is 1.05 bits per heavy atom. The largest absolute Gasteiger partial charge is 0.490 e. The van der Waals surface area contributed by atoms with Crippen LogP contribution in [0.2, 0.25) is 0 Å². The van der Waals surface area contributed by atoms with Gasteiger partial charge in [0.1, 0.15) is 11.2 Å². The summed E-state index contributed by atoms with van der Waals surface area (Å²) in [6.07, 6.45) is 3.84. The van der Waals surface area contributed by atoms with Crippen LogP contribution in [0.3, 0.4) is 0 Å². The van der Waals surface area contributed by atoms with Gasteiger partial charge in [-0.15, -0.1) is 0 Å². The molecule has 0 aliphatic carbocycles. The van der Waals surface area contributed by atoms with Crippen molar-refractivity contribution in [2.75, 3.05) is 13.1 Å². The number of aromatic nitrogens is 5. The van der Waals surface area contributed by atoms with Crippen molar-refractivity contribution < 1.29 is 27.9 Å². The number of likely N-dealkylation sites (tertiary alicyclic amines) is 1. The lowest BCUT2D eigenvalue weighted by molar-refractivity contribution is -0.192. The molecular weight excluding hydrogens is 513 g/mol. The summed E-state index contributed by atoms with van der Waals surface area (Å²) in [5.41, 5.74) is 5.40. The molecule has 0 unspecified atom stereocenters. The highest BCUT2D eigenvalue weighted by molar-refractivity contribution is 5.92. The van der Waals surface area contributed by atoms with Gasteiger partial charge in [-0.25, -0.2) is 9.78 Å². The molecule has 1 amide bonds. The van der Waals surface area contributed by atoms with E-state index in [1.807, 2.05) is 41.7 Å². The number of piperidine rings is 1. The van der Waals surface area contributed by atoms with Gasteiger partial charge in [-0.05, 0) is 57.0 Å². The summed E-state index contributed by atoms with van der Waals surface area (Å²) in [5.74, 6) is -2.47. The lowest BCUT2D eigenvalue weighted by Gasteiger charge is -2.31. The van der Waals surface area contributed by atoms with E-state index in [0.717, 1.165) is 40.8 Å². The van der Waals surface area contributed by atoms with E-state index in [1.165, 1.54) is 0 Å². The zero-order chi connectivity index (χ0) is 28.2. The SMILES string of the molecule is CC(C)n1cnc2c(-c3cccnc3)nc(C3CCN(C(=O)c4ccccn4)CC3)cc21.O=C(O)C(F)(F)F. The predicted octanol–water partition coefficient (Wildman–Crippen LogP) is 5.12. The maximum Gasteiger partial charge on any atom is 0.490 e. The number of aliphatic carboxylic acids is 1. The van der Waals surface area contributed by atoms with Crippen molar-refractivity contribution in [1.29, 1.82) is 0 Å². The first-order chi connectivity index (χ1) is 18.6. The second kappa shape index (κ2) is 11.6. The maximum absolute atomic E-state index is 12.8. The van der Waals surface area contributed by atoms with Crippen molar-refractivity contribution in [2.24, 2.45) is 0 Å². The average Bonchev–Trinajstić information content (AvgIpc) is 3.37. The summed E-state index contributed by atoms with van der Waals surface area (Å²) in [6.45, 7) is 5.72. The van der Waals surface area contributed by atoms with E-state index in [-0.39, 0.29) is 11.8 Å². The molecule has 1 fully saturated rings. The molecule has 9 nitrogen and oxygen atoms in total. The minimum Gasteiger partial charge on any atom is -0.475 e.